The van der Waals surface area contributed by atoms with Crippen molar-refractivity contribution in [2.24, 2.45) is 0 Å². The molecule has 0 aliphatic heterocycles. The van der Waals surface area contributed by atoms with Crippen LogP contribution in [0.25, 0.3) is 0 Å². The van der Waals surface area contributed by atoms with E-state index in [1.807, 2.05) is 18.2 Å². The van der Waals surface area contributed by atoms with Crippen molar-refractivity contribution in [1.82, 2.24) is 5.32 Å². The van der Waals surface area contributed by atoms with Gasteiger partial charge in [0.2, 0.25) is 0 Å². The van der Waals surface area contributed by atoms with Gasteiger partial charge in [0.25, 0.3) is 0 Å². The second kappa shape index (κ2) is 6.08. The molecule has 0 saturated heterocycles. The van der Waals surface area contributed by atoms with Crippen molar-refractivity contribution in [1.29, 1.82) is 0 Å². The fraction of sp³-hybridized carbons (Fsp3) is 0.333. The zero-order valence-electron chi connectivity index (χ0n) is 12.4. The van der Waals surface area contributed by atoms with E-state index >= 15 is 0 Å². The van der Waals surface area contributed by atoms with E-state index in [4.69, 9.17) is 16.3 Å². The molecule has 2 nitrogen and oxygen atoms in total. The third kappa shape index (κ3) is 3.07. The third-order valence-corrected chi connectivity index (χ3v) is 4.43. The number of halogens is 1. The van der Waals surface area contributed by atoms with E-state index in [-0.39, 0.29) is 6.04 Å². The molecule has 3 rings (SSSR count). The zero-order chi connectivity index (χ0) is 14.8. The number of fused-ring (bicyclic) bond motifs is 1. The van der Waals surface area contributed by atoms with Gasteiger partial charge in [0, 0.05) is 22.7 Å². The van der Waals surface area contributed by atoms with Crippen molar-refractivity contribution in [3.05, 3.63) is 64.2 Å². The summed E-state index contributed by atoms with van der Waals surface area (Å²) >= 11 is 6.08. The van der Waals surface area contributed by atoms with E-state index in [1.165, 1.54) is 16.7 Å². The fourth-order valence-electron chi connectivity index (χ4n) is 3.17. The van der Waals surface area contributed by atoms with Crippen LogP contribution < -0.4 is 10.1 Å². The van der Waals surface area contributed by atoms with Gasteiger partial charge in [0.1, 0.15) is 5.75 Å². The molecule has 21 heavy (non-hydrogen) atoms. The van der Waals surface area contributed by atoms with Crippen LogP contribution in [-0.4, -0.2) is 13.2 Å². The Morgan fingerprint density at radius 2 is 1.90 bits per heavy atom. The lowest BCUT2D eigenvalue weighted by Crippen LogP contribution is -2.32. The maximum absolute atomic E-state index is 6.08. The van der Waals surface area contributed by atoms with Gasteiger partial charge in [-0.05, 0) is 49.1 Å². The van der Waals surface area contributed by atoms with Gasteiger partial charge in [-0.1, -0.05) is 35.9 Å². The average Bonchev–Trinajstić information content (AvgIpc) is 2.88. The largest absolute Gasteiger partial charge is 0.496 e. The summed E-state index contributed by atoms with van der Waals surface area (Å²) in [5.74, 6) is 0.941. The Bertz CT molecular complexity index is 641. The van der Waals surface area contributed by atoms with Crippen LogP contribution in [0.15, 0.2) is 42.5 Å². The Hall–Kier alpha value is -1.51. The summed E-state index contributed by atoms with van der Waals surface area (Å²) in [5.41, 5.74) is 3.98. The Morgan fingerprint density at radius 1 is 1.14 bits per heavy atom. The van der Waals surface area contributed by atoms with Crippen molar-refractivity contribution in [3.8, 4) is 5.75 Å². The lowest BCUT2D eigenvalue weighted by Gasteiger charge is -2.21. The molecule has 1 aliphatic carbocycles. The van der Waals surface area contributed by atoms with E-state index < -0.39 is 0 Å². The molecule has 0 heterocycles. The molecule has 110 valence electrons. The zero-order valence-corrected chi connectivity index (χ0v) is 13.2. The van der Waals surface area contributed by atoms with Gasteiger partial charge in [0.05, 0.1) is 7.11 Å². The molecule has 0 aromatic heterocycles. The maximum atomic E-state index is 6.08. The topological polar surface area (TPSA) is 21.3 Å². The Morgan fingerprint density at radius 3 is 2.71 bits per heavy atom. The van der Waals surface area contributed by atoms with Gasteiger partial charge in [-0.15, -0.1) is 0 Å². The van der Waals surface area contributed by atoms with Crippen molar-refractivity contribution in [2.45, 2.75) is 31.8 Å². The molecular weight excluding hydrogens is 282 g/mol. The van der Waals surface area contributed by atoms with Crippen molar-refractivity contribution in [2.75, 3.05) is 7.11 Å². The minimum absolute atomic E-state index is 0.260. The lowest BCUT2D eigenvalue weighted by atomic mass is 10.1. The molecule has 0 fully saturated rings. The lowest BCUT2D eigenvalue weighted by molar-refractivity contribution is 0.394. The van der Waals surface area contributed by atoms with Gasteiger partial charge in [-0.25, -0.2) is 0 Å². The highest BCUT2D eigenvalue weighted by Gasteiger charge is 2.23. The van der Waals surface area contributed by atoms with E-state index in [9.17, 15) is 0 Å². The number of benzene rings is 2. The quantitative estimate of drug-likeness (QED) is 0.915. The van der Waals surface area contributed by atoms with Gasteiger partial charge in [0.15, 0.2) is 0 Å². The van der Waals surface area contributed by atoms with Crippen LogP contribution in [0, 0.1) is 0 Å². The van der Waals surface area contributed by atoms with Gasteiger partial charge >= 0.3 is 0 Å². The standard InChI is InChI=1S/C18H20ClNO/c1-12(17-5-3-4-6-18(17)21-2)20-16-10-13-7-8-15(19)9-14(13)11-16/h3-9,12,16,20H,10-11H2,1-2H3. The molecule has 1 N–H and O–H groups in total. The number of hydrogen-bond acceptors (Lipinski definition) is 2. The highest BCUT2D eigenvalue weighted by atomic mass is 35.5. The molecule has 2 aromatic carbocycles. The predicted octanol–water partition coefficient (Wildman–Crippen LogP) is 4.17. The Labute approximate surface area is 131 Å². The van der Waals surface area contributed by atoms with Crippen molar-refractivity contribution in [3.63, 3.8) is 0 Å². The molecule has 2 aromatic rings. The number of rotatable bonds is 4. The highest BCUT2D eigenvalue weighted by molar-refractivity contribution is 6.30. The summed E-state index contributed by atoms with van der Waals surface area (Å²) in [4.78, 5) is 0. The number of methoxy groups -OCH3 is 1. The van der Waals surface area contributed by atoms with Crippen LogP contribution in [-0.2, 0) is 12.8 Å². The Kier molecular flexibility index (Phi) is 4.18. The number of ether oxygens (including phenoxy) is 1. The summed E-state index contributed by atoms with van der Waals surface area (Å²) in [5, 5.41) is 4.54. The first-order chi connectivity index (χ1) is 10.2. The maximum Gasteiger partial charge on any atom is 0.123 e. The second-order valence-corrected chi connectivity index (χ2v) is 6.08. The van der Waals surface area contributed by atoms with Crippen LogP contribution in [0.3, 0.4) is 0 Å². The molecule has 2 unspecified atom stereocenters. The van der Waals surface area contributed by atoms with Gasteiger partial charge in [-0.3, -0.25) is 0 Å². The first-order valence-corrected chi connectivity index (χ1v) is 7.71. The summed E-state index contributed by atoms with van der Waals surface area (Å²) in [6.07, 6.45) is 2.10. The minimum atomic E-state index is 0.260. The summed E-state index contributed by atoms with van der Waals surface area (Å²) < 4.78 is 5.45. The van der Waals surface area contributed by atoms with Gasteiger partial charge < -0.3 is 10.1 Å². The van der Waals surface area contributed by atoms with E-state index in [0.717, 1.165) is 23.6 Å². The monoisotopic (exact) mass is 301 g/mol. The van der Waals surface area contributed by atoms with E-state index in [1.54, 1.807) is 7.11 Å². The summed E-state index contributed by atoms with van der Waals surface area (Å²) in [7, 11) is 1.72. The number of hydrogen-bond donors (Lipinski definition) is 1. The van der Waals surface area contributed by atoms with E-state index in [0.29, 0.717) is 6.04 Å². The fourth-order valence-corrected chi connectivity index (χ4v) is 3.37. The van der Waals surface area contributed by atoms with E-state index in [2.05, 4.69) is 36.5 Å². The molecule has 0 amide bonds. The molecule has 0 spiro atoms. The SMILES string of the molecule is COc1ccccc1C(C)NC1Cc2ccc(Cl)cc2C1. The van der Waals surface area contributed by atoms with Crippen molar-refractivity contribution >= 4 is 11.6 Å². The van der Waals surface area contributed by atoms with Crippen LogP contribution in [0.2, 0.25) is 5.02 Å². The van der Waals surface area contributed by atoms with Crippen molar-refractivity contribution < 1.29 is 4.74 Å². The summed E-state index contributed by atoms with van der Waals surface area (Å²) in [6, 6.07) is 15.1. The molecule has 0 bridgehead atoms. The number of nitrogens with one attached hydrogen (secondary N) is 1. The van der Waals surface area contributed by atoms with Crippen LogP contribution >= 0.6 is 11.6 Å². The highest BCUT2D eigenvalue weighted by Crippen LogP contribution is 2.29. The van der Waals surface area contributed by atoms with Crippen LogP contribution in [0.5, 0.6) is 5.75 Å². The normalized spacial score (nSPS) is 18.3. The molecule has 1 aliphatic rings. The smallest absolute Gasteiger partial charge is 0.123 e. The summed E-state index contributed by atoms with van der Waals surface area (Å²) in [6.45, 7) is 2.19. The molecule has 0 radical (unpaired) electrons. The molecule has 3 heteroatoms. The third-order valence-electron chi connectivity index (χ3n) is 4.19. The molecular formula is C18H20ClNO. The van der Waals surface area contributed by atoms with Crippen LogP contribution in [0.4, 0.5) is 0 Å². The first-order valence-electron chi connectivity index (χ1n) is 7.33. The average molecular weight is 302 g/mol. The molecule has 0 saturated carbocycles. The van der Waals surface area contributed by atoms with Crippen LogP contribution in [0.1, 0.15) is 29.7 Å². The predicted molar refractivity (Wildman–Crippen MR) is 87.2 cm³/mol. The minimum Gasteiger partial charge on any atom is -0.496 e. The second-order valence-electron chi connectivity index (χ2n) is 5.65. The first kappa shape index (κ1) is 14.4. The number of para-hydroxylation sites is 1. The molecule has 2 atom stereocenters. The Balaban J connectivity index is 1.71. The van der Waals surface area contributed by atoms with Gasteiger partial charge in [-0.2, -0.15) is 0 Å².